The molecule has 14 heavy (non-hydrogen) atoms. The molecule has 0 radical (unpaired) electrons. The molecule has 0 fully saturated rings. The van der Waals surface area contributed by atoms with Crippen LogP contribution in [0.25, 0.3) is 17.0 Å². The lowest BCUT2D eigenvalue weighted by molar-refractivity contribution is 1.40. The van der Waals surface area contributed by atoms with Gasteiger partial charge in [0.1, 0.15) is 0 Å². The van der Waals surface area contributed by atoms with Crippen molar-refractivity contribution in [1.29, 1.82) is 0 Å². The Morgan fingerprint density at radius 3 is 2.93 bits per heavy atom. The van der Waals surface area contributed by atoms with Crippen LogP contribution in [0.2, 0.25) is 0 Å². The van der Waals surface area contributed by atoms with E-state index in [9.17, 15) is 0 Å². The van der Waals surface area contributed by atoms with Crippen LogP contribution in [0.5, 0.6) is 0 Å². The van der Waals surface area contributed by atoms with E-state index in [0.29, 0.717) is 0 Å². The van der Waals surface area contributed by atoms with Crippen LogP contribution in [-0.4, -0.2) is 10.3 Å². The van der Waals surface area contributed by atoms with E-state index in [2.05, 4.69) is 39.1 Å². The fourth-order valence-corrected chi connectivity index (χ4v) is 1.62. The number of nitrogens with zero attached hydrogens (tertiary/aromatic N) is 1. The van der Waals surface area contributed by atoms with Gasteiger partial charge in [-0.25, -0.2) is 0 Å². The summed E-state index contributed by atoms with van der Waals surface area (Å²) in [5.41, 5.74) is 2.26. The number of aromatic nitrogens is 1. The monoisotopic (exact) mass is 247 g/mol. The van der Waals surface area contributed by atoms with Gasteiger partial charge >= 0.3 is 0 Å². The highest BCUT2D eigenvalue weighted by Gasteiger charge is 1.96. The molecule has 0 aliphatic rings. The van der Waals surface area contributed by atoms with Crippen LogP contribution >= 0.6 is 15.9 Å². The van der Waals surface area contributed by atoms with E-state index in [-0.39, 0.29) is 0 Å². The SMILES string of the molecule is BrCC=Cc1ccnc2ccccc12. The van der Waals surface area contributed by atoms with Crippen LogP contribution in [0.1, 0.15) is 5.56 Å². The molecule has 1 aromatic heterocycles. The number of para-hydroxylation sites is 1. The summed E-state index contributed by atoms with van der Waals surface area (Å²) in [5, 5.41) is 2.08. The van der Waals surface area contributed by atoms with Crippen molar-refractivity contribution in [2.75, 3.05) is 5.33 Å². The zero-order chi connectivity index (χ0) is 9.80. The largest absolute Gasteiger partial charge is 0.256 e. The predicted molar refractivity (Wildman–Crippen MR) is 64.6 cm³/mol. The van der Waals surface area contributed by atoms with Crippen molar-refractivity contribution in [2.45, 2.75) is 0 Å². The third-order valence-corrected chi connectivity index (χ3v) is 2.44. The Hall–Kier alpha value is -1.15. The van der Waals surface area contributed by atoms with Gasteiger partial charge in [-0.15, -0.1) is 0 Å². The first-order chi connectivity index (χ1) is 6.92. The highest BCUT2D eigenvalue weighted by molar-refractivity contribution is 9.09. The van der Waals surface area contributed by atoms with Gasteiger partial charge in [-0.3, -0.25) is 4.98 Å². The lowest BCUT2D eigenvalue weighted by Gasteiger charge is -1.99. The number of allylic oxidation sites excluding steroid dienone is 1. The fraction of sp³-hybridized carbons (Fsp3) is 0.0833. The van der Waals surface area contributed by atoms with E-state index in [1.54, 1.807) is 0 Å². The maximum Gasteiger partial charge on any atom is 0.0707 e. The molecule has 0 aliphatic carbocycles. The minimum absolute atomic E-state index is 0.879. The van der Waals surface area contributed by atoms with Crippen molar-refractivity contribution in [3.05, 3.63) is 48.2 Å². The Kier molecular flexibility index (Phi) is 2.94. The maximum absolute atomic E-state index is 4.30. The summed E-state index contributed by atoms with van der Waals surface area (Å²) in [4.78, 5) is 4.30. The van der Waals surface area contributed by atoms with E-state index in [4.69, 9.17) is 0 Å². The molecule has 0 bridgehead atoms. The first kappa shape index (κ1) is 9.41. The number of halogens is 1. The zero-order valence-electron chi connectivity index (χ0n) is 7.65. The number of hydrogen-bond donors (Lipinski definition) is 0. The van der Waals surface area contributed by atoms with Crippen LogP contribution in [0.4, 0.5) is 0 Å². The Labute approximate surface area is 91.6 Å². The molecule has 0 saturated heterocycles. The van der Waals surface area contributed by atoms with Gasteiger partial charge in [0, 0.05) is 16.9 Å². The lowest BCUT2D eigenvalue weighted by atomic mass is 10.1. The van der Waals surface area contributed by atoms with Crippen molar-refractivity contribution < 1.29 is 0 Å². The minimum Gasteiger partial charge on any atom is -0.256 e. The molecule has 1 heterocycles. The summed E-state index contributed by atoms with van der Waals surface area (Å²) in [6.07, 6.45) is 6.04. The molecule has 0 saturated carbocycles. The van der Waals surface area contributed by atoms with Gasteiger partial charge in [-0.1, -0.05) is 46.3 Å². The first-order valence-corrected chi connectivity index (χ1v) is 5.60. The van der Waals surface area contributed by atoms with Crippen LogP contribution in [0.3, 0.4) is 0 Å². The smallest absolute Gasteiger partial charge is 0.0707 e. The molecule has 0 amide bonds. The summed E-state index contributed by atoms with van der Waals surface area (Å²) in [7, 11) is 0. The standard InChI is InChI=1S/C12H10BrN/c13-8-3-4-10-7-9-14-12-6-2-1-5-11(10)12/h1-7,9H,8H2. The summed E-state index contributed by atoms with van der Waals surface area (Å²) in [5.74, 6) is 0. The number of alkyl halides is 1. The molecular formula is C12H10BrN. The molecule has 0 unspecified atom stereocenters. The van der Waals surface area contributed by atoms with Gasteiger partial charge in [-0.05, 0) is 17.7 Å². The third kappa shape index (κ3) is 1.85. The van der Waals surface area contributed by atoms with Gasteiger partial charge in [0.05, 0.1) is 5.52 Å². The molecule has 0 aliphatic heterocycles. The third-order valence-electron chi connectivity index (χ3n) is 2.07. The molecule has 70 valence electrons. The van der Waals surface area contributed by atoms with Crippen LogP contribution in [0.15, 0.2) is 42.6 Å². The van der Waals surface area contributed by atoms with Gasteiger partial charge in [0.15, 0.2) is 0 Å². The maximum atomic E-state index is 4.30. The van der Waals surface area contributed by atoms with Crippen LogP contribution in [0, 0.1) is 0 Å². The van der Waals surface area contributed by atoms with Crippen molar-refractivity contribution in [1.82, 2.24) is 4.98 Å². The lowest BCUT2D eigenvalue weighted by Crippen LogP contribution is -1.81. The highest BCUT2D eigenvalue weighted by atomic mass is 79.9. The van der Waals surface area contributed by atoms with E-state index < -0.39 is 0 Å². The molecule has 1 aromatic carbocycles. The average Bonchev–Trinajstić information content (AvgIpc) is 2.26. The van der Waals surface area contributed by atoms with E-state index in [0.717, 1.165) is 10.8 Å². The summed E-state index contributed by atoms with van der Waals surface area (Å²) in [6, 6.07) is 10.2. The van der Waals surface area contributed by atoms with Crippen LogP contribution in [-0.2, 0) is 0 Å². The van der Waals surface area contributed by atoms with E-state index in [1.807, 2.05) is 30.5 Å². The van der Waals surface area contributed by atoms with E-state index in [1.165, 1.54) is 10.9 Å². The summed E-state index contributed by atoms with van der Waals surface area (Å²) < 4.78 is 0. The number of hydrogen-bond acceptors (Lipinski definition) is 1. The van der Waals surface area contributed by atoms with Crippen molar-refractivity contribution >= 4 is 32.9 Å². The Bertz CT molecular complexity index is 457. The Balaban J connectivity index is 2.59. The average molecular weight is 248 g/mol. The first-order valence-electron chi connectivity index (χ1n) is 4.48. The van der Waals surface area contributed by atoms with Gasteiger partial charge < -0.3 is 0 Å². The number of pyridine rings is 1. The summed E-state index contributed by atoms with van der Waals surface area (Å²) in [6.45, 7) is 0. The predicted octanol–water partition coefficient (Wildman–Crippen LogP) is 3.64. The molecule has 2 heteroatoms. The number of fused-ring (bicyclic) bond motifs is 1. The topological polar surface area (TPSA) is 12.9 Å². The quantitative estimate of drug-likeness (QED) is 0.739. The van der Waals surface area contributed by atoms with E-state index >= 15 is 0 Å². The Morgan fingerprint density at radius 2 is 2.07 bits per heavy atom. The zero-order valence-corrected chi connectivity index (χ0v) is 9.24. The van der Waals surface area contributed by atoms with Crippen molar-refractivity contribution in [2.24, 2.45) is 0 Å². The van der Waals surface area contributed by atoms with Crippen molar-refractivity contribution in [3.8, 4) is 0 Å². The molecule has 0 N–H and O–H groups in total. The normalized spacial score (nSPS) is 11.2. The second-order valence-corrected chi connectivity index (χ2v) is 3.62. The number of benzene rings is 1. The Morgan fingerprint density at radius 1 is 1.21 bits per heavy atom. The number of rotatable bonds is 2. The second kappa shape index (κ2) is 4.38. The van der Waals surface area contributed by atoms with Gasteiger partial charge in [-0.2, -0.15) is 0 Å². The minimum atomic E-state index is 0.879. The molecule has 2 rings (SSSR count). The second-order valence-electron chi connectivity index (χ2n) is 2.97. The molecule has 1 nitrogen and oxygen atoms in total. The van der Waals surface area contributed by atoms with Gasteiger partial charge in [0.25, 0.3) is 0 Å². The van der Waals surface area contributed by atoms with Gasteiger partial charge in [0.2, 0.25) is 0 Å². The summed E-state index contributed by atoms with van der Waals surface area (Å²) >= 11 is 3.37. The molecule has 2 aromatic rings. The molecule has 0 spiro atoms. The molecular weight excluding hydrogens is 238 g/mol. The van der Waals surface area contributed by atoms with Crippen LogP contribution < -0.4 is 0 Å². The fourth-order valence-electron chi connectivity index (χ4n) is 1.43. The van der Waals surface area contributed by atoms with Crippen molar-refractivity contribution in [3.63, 3.8) is 0 Å². The highest BCUT2D eigenvalue weighted by Crippen LogP contribution is 2.17. The molecule has 0 atom stereocenters.